The van der Waals surface area contributed by atoms with Gasteiger partial charge in [-0.05, 0) is 55.6 Å². The fourth-order valence-electron chi connectivity index (χ4n) is 3.60. The second kappa shape index (κ2) is 7.18. The quantitative estimate of drug-likeness (QED) is 0.499. The Labute approximate surface area is 153 Å². The number of fused-ring (bicyclic) bond motifs is 2. The number of unbranched alkanes of at least 4 members (excludes halogenated alkanes) is 1. The molecule has 3 N–H and O–H groups in total. The van der Waals surface area contributed by atoms with Crippen molar-refractivity contribution in [3.8, 4) is 17.0 Å². The van der Waals surface area contributed by atoms with Crippen LogP contribution in [0.15, 0.2) is 54.7 Å². The smallest absolute Gasteiger partial charge is 0.119 e. The van der Waals surface area contributed by atoms with Gasteiger partial charge in [0.1, 0.15) is 5.75 Å². The van der Waals surface area contributed by atoms with Crippen LogP contribution in [-0.2, 0) is 6.42 Å². The van der Waals surface area contributed by atoms with Gasteiger partial charge >= 0.3 is 0 Å². The molecule has 2 aromatic heterocycles. The summed E-state index contributed by atoms with van der Waals surface area (Å²) in [6, 6.07) is 16.6. The van der Waals surface area contributed by atoms with Crippen molar-refractivity contribution in [3.63, 3.8) is 0 Å². The van der Waals surface area contributed by atoms with Crippen LogP contribution in [0, 0.1) is 0 Å². The van der Waals surface area contributed by atoms with Gasteiger partial charge in [-0.25, -0.2) is 0 Å². The highest BCUT2D eigenvalue weighted by atomic mass is 16.5. The van der Waals surface area contributed by atoms with Crippen molar-refractivity contribution in [1.82, 2.24) is 9.97 Å². The van der Waals surface area contributed by atoms with E-state index < -0.39 is 0 Å². The van der Waals surface area contributed by atoms with Crippen molar-refractivity contribution in [3.05, 3.63) is 60.3 Å². The van der Waals surface area contributed by atoms with E-state index >= 15 is 0 Å². The van der Waals surface area contributed by atoms with Crippen LogP contribution >= 0.6 is 0 Å². The first kappa shape index (κ1) is 16.6. The number of hydrogen-bond donors (Lipinski definition) is 2. The lowest BCUT2D eigenvalue weighted by Gasteiger charge is -2.08. The van der Waals surface area contributed by atoms with E-state index in [1.54, 1.807) is 7.11 Å². The normalized spacial score (nSPS) is 11.3. The molecule has 4 rings (SSSR count). The summed E-state index contributed by atoms with van der Waals surface area (Å²) < 4.78 is 5.44. The van der Waals surface area contributed by atoms with E-state index in [4.69, 9.17) is 10.5 Å². The number of aryl methyl sites for hydroxylation is 1. The minimum Gasteiger partial charge on any atom is -0.497 e. The van der Waals surface area contributed by atoms with Gasteiger partial charge in [0.05, 0.1) is 18.3 Å². The molecular formula is C22H23N3O. The van der Waals surface area contributed by atoms with Gasteiger partial charge < -0.3 is 15.5 Å². The molecule has 2 heterocycles. The summed E-state index contributed by atoms with van der Waals surface area (Å²) in [5, 5.41) is 2.36. The number of nitrogens with one attached hydrogen (secondary N) is 1. The lowest BCUT2D eigenvalue weighted by atomic mass is 9.98. The van der Waals surface area contributed by atoms with Crippen LogP contribution in [-0.4, -0.2) is 23.6 Å². The minimum absolute atomic E-state index is 0.719. The third-order valence-corrected chi connectivity index (χ3v) is 4.90. The number of nitrogens with two attached hydrogens (primary N) is 1. The highest BCUT2D eigenvalue weighted by Crippen LogP contribution is 2.36. The average molecular weight is 345 g/mol. The van der Waals surface area contributed by atoms with Gasteiger partial charge in [0, 0.05) is 28.0 Å². The molecule has 0 fully saturated rings. The Morgan fingerprint density at radius 1 is 1.08 bits per heavy atom. The highest BCUT2D eigenvalue weighted by molar-refractivity contribution is 5.99. The van der Waals surface area contributed by atoms with Crippen molar-refractivity contribution < 1.29 is 4.74 Å². The first-order valence-corrected chi connectivity index (χ1v) is 9.04. The van der Waals surface area contributed by atoms with E-state index in [2.05, 4.69) is 46.4 Å². The number of para-hydroxylation sites is 1. The zero-order valence-corrected chi connectivity index (χ0v) is 15.0. The molecule has 0 amide bonds. The first-order valence-electron chi connectivity index (χ1n) is 9.04. The Bertz CT molecular complexity index is 1050. The summed E-state index contributed by atoms with van der Waals surface area (Å²) in [5.41, 5.74) is 11.5. The molecule has 0 aliphatic heterocycles. The molecule has 0 saturated heterocycles. The van der Waals surface area contributed by atoms with E-state index in [9.17, 15) is 0 Å². The Hall–Kier alpha value is -2.85. The number of benzene rings is 2. The molecule has 26 heavy (non-hydrogen) atoms. The summed E-state index contributed by atoms with van der Waals surface area (Å²) >= 11 is 0. The lowest BCUT2D eigenvalue weighted by molar-refractivity contribution is 0.415. The topological polar surface area (TPSA) is 63.9 Å². The van der Waals surface area contributed by atoms with Crippen LogP contribution < -0.4 is 10.5 Å². The lowest BCUT2D eigenvalue weighted by Crippen LogP contribution is -1.99. The van der Waals surface area contributed by atoms with E-state index in [-0.39, 0.29) is 0 Å². The Morgan fingerprint density at radius 2 is 1.96 bits per heavy atom. The molecule has 132 valence electrons. The van der Waals surface area contributed by atoms with Crippen molar-refractivity contribution in [2.24, 2.45) is 5.73 Å². The van der Waals surface area contributed by atoms with Crippen LogP contribution in [0.25, 0.3) is 33.1 Å². The van der Waals surface area contributed by atoms with Crippen molar-refractivity contribution >= 4 is 21.8 Å². The third kappa shape index (κ3) is 2.93. The predicted octanol–water partition coefficient (Wildman–Crippen LogP) is 4.67. The van der Waals surface area contributed by atoms with Gasteiger partial charge in [0.25, 0.3) is 0 Å². The fraction of sp³-hybridized carbons (Fsp3) is 0.227. The largest absolute Gasteiger partial charge is 0.497 e. The Morgan fingerprint density at radius 3 is 2.81 bits per heavy atom. The number of aromatic nitrogens is 2. The summed E-state index contributed by atoms with van der Waals surface area (Å²) in [7, 11) is 1.71. The third-order valence-electron chi connectivity index (χ3n) is 4.90. The number of H-pyrrole nitrogens is 1. The summed E-state index contributed by atoms with van der Waals surface area (Å²) in [6.07, 6.45) is 4.91. The zero-order chi connectivity index (χ0) is 17.9. The molecule has 0 aliphatic carbocycles. The van der Waals surface area contributed by atoms with Gasteiger partial charge in [-0.1, -0.05) is 24.3 Å². The maximum atomic E-state index is 5.71. The highest BCUT2D eigenvalue weighted by Gasteiger charge is 2.16. The van der Waals surface area contributed by atoms with Crippen molar-refractivity contribution in [1.29, 1.82) is 0 Å². The molecule has 4 heteroatoms. The maximum absolute atomic E-state index is 5.71. The molecule has 4 aromatic rings. The molecular weight excluding hydrogens is 322 g/mol. The van der Waals surface area contributed by atoms with E-state index in [0.29, 0.717) is 0 Å². The summed E-state index contributed by atoms with van der Waals surface area (Å²) in [4.78, 5) is 8.26. The number of rotatable bonds is 6. The standard InChI is InChI=1S/C22H23N3O/c1-26-16-10-11-20-19(14-16)17(8-2-3-12-23)22(25-20)18-9-4-6-15-7-5-13-24-21(15)18/h4-7,9-11,13-14,25H,2-3,8,12,23H2,1H3. The molecule has 4 nitrogen and oxygen atoms in total. The number of methoxy groups -OCH3 is 1. The van der Waals surface area contributed by atoms with Crippen molar-refractivity contribution in [2.45, 2.75) is 19.3 Å². The molecule has 2 aromatic carbocycles. The molecule has 0 bridgehead atoms. The van der Waals surface area contributed by atoms with Gasteiger partial charge in [-0.15, -0.1) is 0 Å². The van der Waals surface area contributed by atoms with Gasteiger partial charge in [-0.2, -0.15) is 0 Å². The summed E-state index contributed by atoms with van der Waals surface area (Å²) in [6.45, 7) is 0.719. The van der Waals surface area contributed by atoms with Crippen molar-refractivity contribution in [2.75, 3.05) is 13.7 Å². The van der Waals surface area contributed by atoms with Gasteiger partial charge in [-0.3, -0.25) is 4.98 Å². The van der Waals surface area contributed by atoms with Gasteiger partial charge in [0.15, 0.2) is 0 Å². The number of aromatic amines is 1. The van der Waals surface area contributed by atoms with Crippen LogP contribution in [0.2, 0.25) is 0 Å². The molecule has 0 radical (unpaired) electrons. The molecule has 0 atom stereocenters. The predicted molar refractivity (Wildman–Crippen MR) is 108 cm³/mol. The fourth-order valence-corrected chi connectivity index (χ4v) is 3.60. The minimum atomic E-state index is 0.719. The number of ether oxygens (including phenoxy) is 1. The van der Waals surface area contributed by atoms with Crippen LogP contribution in [0.4, 0.5) is 0 Å². The second-order valence-corrected chi connectivity index (χ2v) is 6.52. The summed E-state index contributed by atoms with van der Waals surface area (Å²) in [5.74, 6) is 0.874. The molecule has 0 saturated carbocycles. The number of pyridine rings is 1. The second-order valence-electron chi connectivity index (χ2n) is 6.52. The SMILES string of the molecule is COc1ccc2[nH]c(-c3cccc4cccnc34)c(CCCCN)c2c1. The molecule has 0 unspecified atom stereocenters. The number of hydrogen-bond acceptors (Lipinski definition) is 3. The number of nitrogens with zero attached hydrogens (tertiary/aromatic N) is 1. The van der Waals surface area contributed by atoms with Crippen LogP contribution in [0.5, 0.6) is 5.75 Å². The zero-order valence-electron chi connectivity index (χ0n) is 15.0. The van der Waals surface area contributed by atoms with E-state index in [0.717, 1.165) is 59.2 Å². The van der Waals surface area contributed by atoms with E-state index in [1.807, 2.05) is 18.3 Å². The maximum Gasteiger partial charge on any atom is 0.119 e. The molecule has 0 aliphatic rings. The van der Waals surface area contributed by atoms with Crippen LogP contribution in [0.3, 0.4) is 0 Å². The average Bonchev–Trinajstić information content (AvgIpc) is 3.05. The molecule has 0 spiro atoms. The first-order chi connectivity index (χ1) is 12.8. The Balaban J connectivity index is 1.94. The monoisotopic (exact) mass is 345 g/mol. The van der Waals surface area contributed by atoms with E-state index in [1.165, 1.54) is 10.9 Å². The Kier molecular flexibility index (Phi) is 4.59. The van der Waals surface area contributed by atoms with Crippen LogP contribution in [0.1, 0.15) is 18.4 Å². The van der Waals surface area contributed by atoms with Gasteiger partial charge in [0.2, 0.25) is 0 Å².